The topological polar surface area (TPSA) is 199 Å². The fourth-order valence-corrected chi connectivity index (χ4v) is 0. The molecule has 0 saturated heterocycles. The second-order valence-electron chi connectivity index (χ2n) is 0.671. The van der Waals surface area contributed by atoms with Crippen LogP contribution in [0.25, 0.3) is 0 Å². The van der Waals surface area contributed by atoms with Crippen molar-refractivity contribution in [3.8, 4) is 0 Å². The number of hydrogen-bond donors (Lipinski definition) is 0. The Kier molecular flexibility index (Phi) is 47.4. The van der Waals surface area contributed by atoms with Crippen LogP contribution >= 0.6 is 0 Å². The molecule has 0 fully saturated rings. The molecular formula is AgN3O9Pd. The second-order valence-corrected chi connectivity index (χ2v) is 0.671. The van der Waals surface area contributed by atoms with Gasteiger partial charge in [-0.3, -0.25) is 0 Å². The minimum absolute atomic E-state index is 0. The molecule has 0 saturated carbocycles. The second kappa shape index (κ2) is 22.7. The maximum Gasteiger partial charge on any atom is 2.00 e. The van der Waals surface area contributed by atoms with Crippen LogP contribution in [0.5, 0.6) is 0 Å². The third kappa shape index (κ3) is 1110. The van der Waals surface area contributed by atoms with Crippen LogP contribution in [-0.2, 0) is 42.8 Å². The smallest absolute Gasteiger partial charge is 0.356 e. The molecule has 0 aromatic rings. The quantitative estimate of drug-likeness (QED) is 0.286. The van der Waals surface area contributed by atoms with Crippen molar-refractivity contribution in [2.45, 2.75) is 0 Å². The van der Waals surface area contributed by atoms with Gasteiger partial charge in [-0.2, -0.15) is 0 Å². The van der Waals surface area contributed by atoms with E-state index >= 15 is 0 Å². The molecule has 12 nitrogen and oxygen atoms in total. The van der Waals surface area contributed by atoms with Crippen molar-refractivity contribution < 1.29 is 58.1 Å². The van der Waals surface area contributed by atoms with E-state index in [-0.39, 0.29) is 42.8 Å². The Balaban J connectivity index is -0.0000000270. The molecule has 0 unspecified atom stereocenters. The molecule has 90 valence electrons. The van der Waals surface area contributed by atoms with Crippen molar-refractivity contribution in [1.29, 1.82) is 0 Å². The summed E-state index contributed by atoms with van der Waals surface area (Å²) >= 11 is 0. The van der Waals surface area contributed by atoms with Gasteiger partial charge in [0.05, 0.1) is 15.3 Å². The fraction of sp³-hybridized carbons (Fsp3) is 0. The SMILES string of the molecule is O=[N+]([O-])[O-].O=[N+]([O-])[O-].O=[N+]([O-])[O-].[Ag+].[Pd+2]. The van der Waals surface area contributed by atoms with Gasteiger partial charge in [-0.15, -0.1) is 0 Å². The molecule has 0 atom stereocenters. The molecule has 0 radical (unpaired) electrons. The average molecular weight is 400 g/mol. The summed E-state index contributed by atoms with van der Waals surface area (Å²) in [7, 11) is 0. The van der Waals surface area contributed by atoms with E-state index in [4.69, 9.17) is 46.0 Å². The van der Waals surface area contributed by atoms with Crippen LogP contribution in [0.3, 0.4) is 0 Å². The zero-order valence-corrected chi connectivity index (χ0v) is 8.67. The molecule has 14 heteroatoms. The Bertz CT molecular complexity index is 118. The van der Waals surface area contributed by atoms with Gasteiger partial charge in [-0.25, -0.2) is 0 Å². The summed E-state index contributed by atoms with van der Waals surface area (Å²) in [6.07, 6.45) is 0. The Morgan fingerprint density at radius 3 is 0.571 bits per heavy atom. The minimum Gasteiger partial charge on any atom is -0.356 e. The summed E-state index contributed by atoms with van der Waals surface area (Å²) in [5.41, 5.74) is 0. The van der Waals surface area contributed by atoms with Gasteiger partial charge >= 0.3 is 42.8 Å². The first-order valence-electron chi connectivity index (χ1n) is 1.64. The van der Waals surface area contributed by atoms with Gasteiger partial charge in [-0.05, 0) is 0 Å². The van der Waals surface area contributed by atoms with Gasteiger partial charge in [0.1, 0.15) is 0 Å². The normalized spacial score (nSPS) is 5.14. The largest absolute Gasteiger partial charge is 2.00 e. The predicted molar refractivity (Wildman–Crippen MR) is 31.1 cm³/mol. The van der Waals surface area contributed by atoms with Crippen molar-refractivity contribution in [3.63, 3.8) is 0 Å². The first kappa shape index (κ1) is 29.2. The molecule has 0 N–H and O–H groups in total. The van der Waals surface area contributed by atoms with Crippen LogP contribution in [0.4, 0.5) is 0 Å². The van der Waals surface area contributed by atoms with Gasteiger partial charge in [0.15, 0.2) is 0 Å². The Morgan fingerprint density at radius 2 is 0.571 bits per heavy atom. The van der Waals surface area contributed by atoms with E-state index in [1.807, 2.05) is 0 Å². The summed E-state index contributed by atoms with van der Waals surface area (Å²) in [5, 5.41) is 44.2. The molecule has 0 aromatic heterocycles. The molecule has 0 spiro atoms. The summed E-state index contributed by atoms with van der Waals surface area (Å²) < 4.78 is 0. The maximum absolute atomic E-state index is 8.25. The molecule has 14 heavy (non-hydrogen) atoms. The van der Waals surface area contributed by atoms with E-state index < -0.39 is 15.3 Å². The van der Waals surface area contributed by atoms with Gasteiger partial charge in [-0.1, -0.05) is 0 Å². The number of rotatable bonds is 0. The summed E-state index contributed by atoms with van der Waals surface area (Å²) in [6, 6.07) is 0. The number of nitrogens with zero attached hydrogens (tertiary/aromatic N) is 3. The first-order chi connectivity index (χ1) is 5.20. The predicted octanol–water partition coefficient (Wildman–Crippen LogP) is -0.722. The molecular weight excluding hydrogens is 400 g/mol. The molecule has 0 aliphatic heterocycles. The molecule has 0 amide bonds. The van der Waals surface area contributed by atoms with E-state index in [9.17, 15) is 0 Å². The first-order valence-corrected chi connectivity index (χ1v) is 1.64. The van der Waals surface area contributed by atoms with Gasteiger partial charge in [0.25, 0.3) is 0 Å². The van der Waals surface area contributed by atoms with Gasteiger partial charge in [0, 0.05) is 0 Å². The van der Waals surface area contributed by atoms with E-state index in [0.717, 1.165) is 0 Å². The van der Waals surface area contributed by atoms with Crippen LogP contribution in [0.15, 0.2) is 0 Å². The van der Waals surface area contributed by atoms with Crippen molar-refractivity contribution in [3.05, 3.63) is 46.0 Å². The molecule has 0 heterocycles. The Labute approximate surface area is 104 Å². The van der Waals surface area contributed by atoms with Crippen LogP contribution in [0.2, 0.25) is 0 Å². The van der Waals surface area contributed by atoms with Crippen molar-refractivity contribution in [2.24, 2.45) is 0 Å². The summed E-state index contributed by atoms with van der Waals surface area (Å²) in [6.45, 7) is 0. The fourth-order valence-electron chi connectivity index (χ4n) is 0. The minimum atomic E-state index is -1.75. The molecule has 0 rings (SSSR count). The van der Waals surface area contributed by atoms with Crippen LogP contribution in [0, 0.1) is 46.0 Å². The zero-order chi connectivity index (χ0) is 10.7. The van der Waals surface area contributed by atoms with Crippen molar-refractivity contribution >= 4 is 0 Å². The standard InChI is InChI=1S/Ag.3NO3.Pd/c;3*2-1(3)4;/q+1;3*-1;+2. The zero-order valence-electron chi connectivity index (χ0n) is 5.63. The van der Waals surface area contributed by atoms with E-state index in [0.29, 0.717) is 0 Å². The van der Waals surface area contributed by atoms with Crippen molar-refractivity contribution in [1.82, 2.24) is 0 Å². The third-order valence-corrected chi connectivity index (χ3v) is 0. The number of hydrogen-bond acceptors (Lipinski definition) is 9. The molecule has 0 bridgehead atoms. The van der Waals surface area contributed by atoms with E-state index in [2.05, 4.69) is 0 Å². The van der Waals surface area contributed by atoms with Gasteiger partial charge < -0.3 is 46.0 Å². The van der Waals surface area contributed by atoms with Crippen LogP contribution < -0.4 is 0 Å². The van der Waals surface area contributed by atoms with Crippen molar-refractivity contribution in [2.75, 3.05) is 0 Å². The Morgan fingerprint density at radius 1 is 0.571 bits per heavy atom. The van der Waals surface area contributed by atoms with E-state index in [1.54, 1.807) is 0 Å². The average Bonchev–Trinajstić information content (AvgIpc) is 1.54. The van der Waals surface area contributed by atoms with Crippen LogP contribution in [-0.4, -0.2) is 15.3 Å². The monoisotopic (exact) mass is 399 g/mol. The molecule has 0 aliphatic rings. The summed E-state index contributed by atoms with van der Waals surface area (Å²) in [5.74, 6) is 0. The molecule has 0 aromatic carbocycles. The summed E-state index contributed by atoms with van der Waals surface area (Å²) in [4.78, 5) is 24.8. The third-order valence-electron chi connectivity index (χ3n) is 0. The Hall–Kier alpha value is -0.997. The van der Waals surface area contributed by atoms with Gasteiger partial charge in [0.2, 0.25) is 0 Å². The molecule has 0 aliphatic carbocycles. The van der Waals surface area contributed by atoms with E-state index in [1.165, 1.54) is 0 Å². The van der Waals surface area contributed by atoms with Crippen LogP contribution in [0.1, 0.15) is 0 Å². The maximum atomic E-state index is 8.25.